The molecule has 3 heterocycles. The van der Waals surface area contributed by atoms with Gasteiger partial charge in [-0.2, -0.15) is 5.10 Å². The molecule has 194 valence electrons. The summed E-state index contributed by atoms with van der Waals surface area (Å²) in [7, 11) is 2.00. The van der Waals surface area contributed by atoms with Crippen LogP contribution in [0.4, 0.5) is 5.82 Å². The van der Waals surface area contributed by atoms with Crippen molar-refractivity contribution in [1.82, 2.24) is 29.6 Å². The minimum absolute atomic E-state index is 0.0416. The van der Waals surface area contributed by atoms with E-state index in [-0.39, 0.29) is 17.4 Å². The van der Waals surface area contributed by atoms with Crippen LogP contribution in [0.2, 0.25) is 0 Å². The zero-order valence-electron chi connectivity index (χ0n) is 22.5. The third-order valence-corrected chi connectivity index (χ3v) is 7.52. The summed E-state index contributed by atoms with van der Waals surface area (Å²) in [6.07, 6.45) is 7.81. The third kappa shape index (κ3) is 5.10. The second-order valence-corrected chi connectivity index (χ2v) is 11.5. The molecule has 0 spiro atoms. The first-order chi connectivity index (χ1) is 17.6. The normalized spacial score (nSPS) is 18.3. The highest BCUT2D eigenvalue weighted by atomic mass is 16.1. The number of anilines is 1. The molecule has 0 bridgehead atoms. The van der Waals surface area contributed by atoms with Crippen LogP contribution in [0.5, 0.6) is 0 Å². The van der Waals surface area contributed by atoms with E-state index in [2.05, 4.69) is 79.5 Å². The van der Waals surface area contributed by atoms with Crippen LogP contribution in [0.15, 0.2) is 42.9 Å². The van der Waals surface area contributed by atoms with Crippen molar-refractivity contribution >= 4 is 22.8 Å². The molecule has 5 rings (SSSR count). The van der Waals surface area contributed by atoms with Crippen molar-refractivity contribution in [2.45, 2.75) is 77.2 Å². The first-order valence-electron chi connectivity index (χ1n) is 13.1. The van der Waals surface area contributed by atoms with E-state index in [1.165, 1.54) is 17.5 Å². The molecule has 0 atom stereocenters. The number of aryl methyl sites for hydroxylation is 2. The molecule has 3 N–H and O–H groups in total. The van der Waals surface area contributed by atoms with Crippen molar-refractivity contribution < 1.29 is 4.79 Å². The van der Waals surface area contributed by atoms with Gasteiger partial charge in [0.1, 0.15) is 17.8 Å². The number of nitrogens with zero attached hydrogens (tertiary/aromatic N) is 5. The molecule has 1 saturated carbocycles. The number of rotatable bonds is 5. The lowest BCUT2D eigenvalue weighted by molar-refractivity contribution is -0.121. The predicted molar refractivity (Wildman–Crippen MR) is 147 cm³/mol. The predicted octanol–water partition coefficient (Wildman–Crippen LogP) is 4.73. The topological polar surface area (TPSA) is 104 Å². The Hall–Kier alpha value is -3.68. The summed E-state index contributed by atoms with van der Waals surface area (Å²) >= 11 is 0. The van der Waals surface area contributed by atoms with Gasteiger partial charge < -0.3 is 15.6 Å². The van der Waals surface area contributed by atoms with Crippen LogP contribution in [0.1, 0.15) is 74.9 Å². The highest BCUT2D eigenvalue weighted by Gasteiger charge is 2.28. The average molecular weight is 500 g/mol. The van der Waals surface area contributed by atoms with Gasteiger partial charge in [-0.3, -0.25) is 4.79 Å². The molecule has 0 aliphatic heterocycles. The van der Waals surface area contributed by atoms with Crippen molar-refractivity contribution in [3.05, 3.63) is 65.4 Å². The van der Waals surface area contributed by atoms with Gasteiger partial charge >= 0.3 is 0 Å². The molecule has 1 aliphatic carbocycles. The van der Waals surface area contributed by atoms with Gasteiger partial charge in [0.15, 0.2) is 0 Å². The van der Waals surface area contributed by atoms with E-state index in [1.807, 2.05) is 16.3 Å². The molecule has 1 amide bonds. The maximum absolute atomic E-state index is 13.2. The van der Waals surface area contributed by atoms with Gasteiger partial charge in [0.25, 0.3) is 0 Å². The molecule has 8 heteroatoms. The van der Waals surface area contributed by atoms with Crippen LogP contribution in [0.25, 0.3) is 16.7 Å². The minimum Gasteiger partial charge on any atom is -0.383 e. The molecule has 1 aliphatic rings. The molecule has 3 aromatic heterocycles. The highest BCUT2D eigenvalue weighted by Crippen LogP contribution is 2.38. The van der Waals surface area contributed by atoms with E-state index < -0.39 is 0 Å². The maximum atomic E-state index is 13.2. The van der Waals surface area contributed by atoms with Crippen LogP contribution in [0, 0.1) is 6.92 Å². The Morgan fingerprint density at radius 3 is 2.49 bits per heavy atom. The van der Waals surface area contributed by atoms with Gasteiger partial charge in [-0.25, -0.2) is 14.6 Å². The van der Waals surface area contributed by atoms with Crippen LogP contribution >= 0.6 is 0 Å². The zero-order chi connectivity index (χ0) is 26.3. The van der Waals surface area contributed by atoms with E-state index in [0.29, 0.717) is 18.2 Å². The number of benzene rings is 1. The Kier molecular flexibility index (Phi) is 6.52. The van der Waals surface area contributed by atoms with Crippen LogP contribution < -0.4 is 11.1 Å². The quantitative estimate of drug-likeness (QED) is 0.413. The second-order valence-electron chi connectivity index (χ2n) is 11.5. The monoisotopic (exact) mass is 499 g/mol. The lowest BCUT2D eigenvalue weighted by Gasteiger charge is -2.29. The Morgan fingerprint density at radius 2 is 1.81 bits per heavy atom. The van der Waals surface area contributed by atoms with Gasteiger partial charge in [0.2, 0.25) is 5.91 Å². The fraction of sp³-hybridized carbons (Fsp3) is 0.448. The zero-order valence-corrected chi connectivity index (χ0v) is 22.5. The number of nitrogen functional groups attached to an aromatic ring is 1. The van der Waals surface area contributed by atoms with Crippen molar-refractivity contribution in [3.8, 4) is 5.69 Å². The standard InChI is InChI=1S/C29H37N7O/c1-18-6-12-21(13-7-18)36-22(14-24(34-36)29(2,3)4)15-25(37)33-20-10-8-19(9-11-20)23-16-35(5)28-26(23)27(30)31-17-32-28/h6-7,12-14,16-17,19-20H,8-11,15H2,1-5H3,(H,33,37)(H2,30,31,32)/t19-,20+. The smallest absolute Gasteiger partial charge is 0.226 e. The highest BCUT2D eigenvalue weighted by molar-refractivity contribution is 5.90. The summed E-state index contributed by atoms with van der Waals surface area (Å²) < 4.78 is 3.95. The van der Waals surface area contributed by atoms with Crippen LogP contribution in [0.3, 0.4) is 0 Å². The number of nitrogens with two attached hydrogens (primary N) is 1. The number of hydrogen-bond donors (Lipinski definition) is 2. The molecule has 0 saturated heterocycles. The van der Waals surface area contributed by atoms with Crippen molar-refractivity contribution in [2.24, 2.45) is 7.05 Å². The van der Waals surface area contributed by atoms with Gasteiger partial charge in [-0.1, -0.05) is 38.5 Å². The lowest BCUT2D eigenvalue weighted by atomic mass is 9.81. The molecule has 1 aromatic carbocycles. The summed E-state index contributed by atoms with van der Waals surface area (Å²) in [5.41, 5.74) is 12.3. The first kappa shape index (κ1) is 25.0. The van der Waals surface area contributed by atoms with Crippen molar-refractivity contribution in [3.63, 3.8) is 0 Å². The average Bonchev–Trinajstić information content (AvgIpc) is 3.42. The Bertz CT molecular complexity index is 1420. The molecule has 37 heavy (non-hydrogen) atoms. The fourth-order valence-corrected chi connectivity index (χ4v) is 5.39. The van der Waals surface area contributed by atoms with Crippen LogP contribution in [-0.2, 0) is 23.7 Å². The Labute approximate surface area is 218 Å². The van der Waals surface area contributed by atoms with Crippen molar-refractivity contribution in [2.75, 3.05) is 5.73 Å². The molecular formula is C29H37N7O. The summed E-state index contributed by atoms with van der Waals surface area (Å²) in [5.74, 6) is 0.971. The van der Waals surface area contributed by atoms with Crippen LogP contribution in [-0.4, -0.2) is 36.3 Å². The van der Waals surface area contributed by atoms with Gasteiger partial charge in [-0.05, 0) is 62.3 Å². The number of carbonyl (C=O) groups excluding carboxylic acids is 1. The van der Waals surface area contributed by atoms with E-state index in [9.17, 15) is 4.79 Å². The molecule has 0 unspecified atom stereocenters. The first-order valence-corrected chi connectivity index (χ1v) is 13.1. The SMILES string of the molecule is Cc1ccc(-n2nc(C(C)(C)C)cc2CC(=O)N[C@H]2CC[C@@H](c3cn(C)c4ncnc(N)c43)CC2)cc1. The van der Waals surface area contributed by atoms with Gasteiger partial charge in [-0.15, -0.1) is 0 Å². The number of carbonyl (C=O) groups is 1. The summed E-state index contributed by atoms with van der Waals surface area (Å²) in [5, 5.41) is 9.14. The lowest BCUT2D eigenvalue weighted by Crippen LogP contribution is -2.38. The molecule has 0 radical (unpaired) electrons. The Morgan fingerprint density at radius 1 is 1.11 bits per heavy atom. The molecule has 4 aromatic rings. The third-order valence-electron chi connectivity index (χ3n) is 7.52. The second kappa shape index (κ2) is 9.65. The summed E-state index contributed by atoms with van der Waals surface area (Å²) in [6.45, 7) is 8.51. The number of aromatic nitrogens is 5. The summed E-state index contributed by atoms with van der Waals surface area (Å²) in [4.78, 5) is 21.8. The molecular weight excluding hydrogens is 462 g/mol. The Balaban J connectivity index is 1.27. The minimum atomic E-state index is -0.102. The van der Waals surface area contributed by atoms with Gasteiger partial charge in [0, 0.05) is 24.7 Å². The van der Waals surface area contributed by atoms with Crippen molar-refractivity contribution in [1.29, 1.82) is 0 Å². The van der Waals surface area contributed by atoms with E-state index >= 15 is 0 Å². The summed E-state index contributed by atoms with van der Waals surface area (Å²) in [6, 6.07) is 10.5. The fourth-order valence-electron chi connectivity index (χ4n) is 5.39. The van der Waals surface area contributed by atoms with E-state index in [0.717, 1.165) is 53.8 Å². The number of fused-ring (bicyclic) bond motifs is 1. The number of nitrogens with one attached hydrogen (secondary N) is 1. The number of amides is 1. The molecule has 8 nitrogen and oxygen atoms in total. The maximum Gasteiger partial charge on any atom is 0.226 e. The molecule has 1 fully saturated rings. The largest absolute Gasteiger partial charge is 0.383 e. The van der Waals surface area contributed by atoms with E-state index in [4.69, 9.17) is 10.8 Å². The van der Waals surface area contributed by atoms with E-state index in [1.54, 1.807) is 0 Å². The number of hydrogen-bond acceptors (Lipinski definition) is 5. The van der Waals surface area contributed by atoms with Gasteiger partial charge in [0.05, 0.1) is 28.9 Å².